The van der Waals surface area contributed by atoms with Crippen molar-refractivity contribution >= 4 is 21.5 Å². The Balaban J connectivity index is 2.42. The molecule has 0 radical (unpaired) electrons. The molecule has 9 heteroatoms. The van der Waals surface area contributed by atoms with Crippen LogP contribution in [-0.2, 0) is 17.1 Å². The zero-order valence-electron chi connectivity index (χ0n) is 10.3. The number of nitrogens with zero attached hydrogens (tertiary/aromatic N) is 3. The number of aromatic nitrogens is 2. The molecule has 0 fully saturated rings. The minimum Gasteiger partial charge on any atom is -0.381 e. The molecular weight excluding hydrogens is 285 g/mol. The zero-order chi connectivity index (χ0) is 14.9. The molecule has 0 unspecified atom stereocenters. The number of hydrogen-bond donors (Lipinski definition) is 2. The quantitative estimate of drug-likeness (QED) is 0.870. The maximum atomic E-state index is 13.7. The van der Waals surface area contributed by atoms with Gasteiger partial charge in [-0.25, -0.2) is 9.37 Å². The minimum absolute atomic E-state index is 0.0884. The summed E-state index contributed by atoms with van der Waals surface area (Å²) < 4.78 is 41.2. The van der Waals surface area contributed by atoms with Gasteiger partial charge in [-0.3, -0.25) is 4.72 Å². The van der Waals surface area contributed by atoms with E-state index in [2.05, 4.69) is 9.71 Å². The third kappa shape index (κ3) is 2.41. The topological polar surface area (TPSA) is 114 Å². The number of rotatable bonds is 3. The molecule has 3 N–H and O–H groups in total. The molecule has 1 heterocycles. The van der Waals surface area contributed by atoms with Gasteiger partial charge < -0.3 is 10.3 Å². The maximum absolute atomic E-state index is 13.7. The molecule has 104 valence electrons. The van der Waals surface area contributed by atoms with E-state index in [9.17, 15) is 12.8 Å². The Labute approximate surface area is 114 Å². The number of nitrogen functional groups attached to an aromatic ring is 1. The molecule has 0 aliphatic carbocycles. The number of imidazole rings is 1. The largest absolute Gasteiger partial charge is 0.381 e. The van der Waals surface area contributed by atoms with Gasteiger partial charge in [-0.1, -0.05) is 0 Å². The normalized spacial score (nSPS) is 11.1. The molecule has 20 heavy (non-hydrogen) atoms. The summed E-state index contributed by atoms with van der Waals surface area (Å²) in [6.07, 6.45) is 1.24. The highest BCUT2D eigenvalue weighted by Crippen LogP contribution is 2.22. The summed E-state index contributed by atoms with van der Waals surface area (Å²) in [5, 5.41) is 8.36. The third-order valence-corrected chi connectivity index (χ3v) is 4.00. The molecule has 0 atom stereocenters. The average Bonchev–Trinajstić information content (AvgIpc) is 2.72. The predicted octanol–water partition coefficient (Wildman–Crippen LogP) is 0.814. The van der Waals surface area contributed by atoms with Gasteiger partial charge in [0.05, 0.1) is 23.6 Å². The second kappa shape index (κ2) is 4.82. The lowest BCUT2D eigenvalue weighted by atomic mass is 10.2. The highest BCUT2D eigenvalue weighted by Gasteiger charge is 2.23. The van der Waals surface area contributed by atoms with Crippen molar-refractivity contribution in [3.8, 4) is 6.07 Å². The monoisotopic (exact) mass is 295 g/mol. The summed E-state index contributed by atoms with van der Waals surface area (Å²) in [6, 6.07) is 5.15. The van der Waals surface area contributed by atoms with E-state index in [4.69, 9.17) is 11.0 Å². The van der Waals surface area contributed by atoms with Crippen LogP contribution in [0.25, 0.3) is 0 Å². The van der Waals surface area contributed by atoms with E-state index >= 15 is 0 Å². The van der Waals surface area contributed by atoms with E-state index in [-0.39, 0.29) is 22.1 Å². The molecule has 2 aromatic rings. The van der Waals surface area contributed by atoms with Crippen LogP contribution < -0.4 is 10.5 Å². The Kier molecular flexibility index (Phi) is 3.33. The molecule has 0 spiro atoms. The van der Waals surface area contributed by atoms with Crippen LogP contribution >= 0.6 is 0 Å². The van der Waals surface area contributed by atoms with E-state index in [0.29, 0.717) is 0 Å². The van der Waals surface area contributed by atoms with Crippen LogP contribution in [0.2, 0.25) is 0 Å². The van der Waals surface area contributed by atoms with Crippen LogP contribution in [0.15, 0.2) is 29.6 Å². The maximum Gasteiger partial charge on any atom is 0.281 e. The zero-order valence-corrected chi connectivity index (χ0v) is 11.1. The fraction of sp³-hybridized carbons (Fsp3) is 0.0909. The summed E-state index contributed by atoms with van der Waals surface area (Å²) in [7, 11) is -2.62. The fourth-order valence-electron chi connectivity index (χ4n) is 1.62. The van der Waals surface area contributed by atoms with Crippen molar-refractivity contribution in [3.63, 3.8) is 0 Å². The summed E-state index contributed by atoms with van der Waals surface area (Å²) in [4.78, 5) is 3.66. The number of sulfonamides is 1. The van der Waals surface area contributed by atoms with Gasteiger partial charge >= 0.3 is 0 Å². The fourth-order valence-corrected chi connectivity index (χ4v) is 2.93. The number of aryl methyl sites for hydroxylation is 1. The van der Waals surface area contributed by atoms with Crippen molar-refractivity contribution < 1.29 is 12.8 Å². The number of nitrogens with two attached hydrogens (primary N) is 1. The Morgan fingerprint density at radius 3 is 2.70 bits per heavy atom. The van der Waals surface area contributed by atoms with Crippen molar-refractivity contribution in [2.75, 3.05) is 10.5 Å². The average molecular weight is 295 g/mol. The summed E-state index contributed by atoms with van der Waals surface area (Å²) in [5.74, 6) is -1.04. The van der Waals surface area contributed by atoms with Gasteiger partial charge in [-0.15, -0.1) is 0 Å². The number of anilines is 2. The van der Waals surface area contributed by atoms with Gasteiger partial charge in [0.2, 0.25) is 0 Å². The SMILES string of the molecule is Cn1cnc(N)c1S(=O)(=O)Nc1ccc(C#N)cc1F. The number of benzene rings is 1. The third-order valence-electron chi connectivity index (χ3n) is 2.51. The second-order valence-corrected chi connectivity index (χ2v) is 5.56. The number of nitriles is 1. The smallest absolute Gasteiger partial charge is 0.281 e. The van der Waals surface area contributed by atoms with Crippen molar-refractivity contribution in [2.24, 2.45) is 7.05 Å². The first-order chi connectivity index (χ1) is 9.35. The van der Waals surface area contributed by atoms with Gasteiger partial charge in [0, 0.05) is 7.05 Å². The van der Waals surface area contributed by atoms with E-state index < -0.39 is 15.8 Å². The van der Waals surface area contributed by atoms with Gasteiger partial charge in [0.15, 0.2) is 10.8 Å². The van der Waals surface area contributed by atoms with Crippen LogP contribution in [0, 0.1) is 17.1 Å². The first-order valence-corrected chi connectivity index (χ1v) is 6.82. The van der Waals surface area contributed by atoms with E-state index in [0.717, 1.165) is 12.1 Å². The molecule has 2 rings (SSSR count). The van der Waals surface area contributed by atoms with Gasteiger partial charge in [0.1, 0.15) is 5.82 Å². The Bertz CT molecular complexity index is 787. The second-order valence-electron chi connectivity index (χ2n) is 3.96. The summed E-state index contributed by atoms with van der Waals surface area (Å²) >= 11 is 0. The van der Waals surface area contributed by atoms with Gasteiger partial charge in [-0.2, -0.15) is 13.7 Å². The Hall–Kier alpha value is -2.60. The molecule has 0 aliphatic heterocycles. The number of nitrogens with one attached hydrogen (secondary N) is 1. The minimum atomic E-state index is -4.07. The molecule has 1 aromatic carbocycles. The number of hydrogen-bond acceptors (Lipinski definition) is 5. The van der Waals surface area contributed by atoms with Gasteiger partial charge in [0.25, 0.3) is 10.0 Å². The van der Waals surface area contributed by atoms with E-state index in [1.165, 1.54) is 24.0 Å². The van der Waals surface area contributed by atoms with Crippen LogP contribution in [0.1, 0.15) is 5.56 Å². The van der Waals surface area contributed by atoms with Gasteiger partial charge in [-0.05, 0) is 18.2 Å². The first-order valence-electron chi connectivity index (χ1n) is 5.34. The lowest BCUT2D eigenvalue weighted by Gasteiger charge is -2.09. The van der Waals surface area contributed by atoms with Crippen LogP contribution in [0.5, 0.6) is 0 Å². The predicted molar refractivity (Wildman–Crippen MR) is 69.5 cm³/mol. The van der Waals surface area contributed by atoms with Crippen molar-refractivity contribution in [3.05, 3.63) is 35.9 Å². The molecule has 7 nitrogen and oxygen atoms in total. The lowest BCUT2D eigenvalue weighted by molar-refractivity contribution is 0.589. The Morgan fingerprint density at radius 1 is 1.50 bits per heavy atom. The molecule has 1 aromatic heterocycles. The summed E-state index contributed by atoms with van der Waals surface area (Å²) in [5.41, 5.74) is 5.29. The van der Waals surface area contributed by atoms with Crippen LogP contribution in [0.4, 0.5) is 15.9 Å². The standard InChI is InChI=1S/C11H10FN5O2S/c1-17-6-15-10(14)11(17)20(18,19)16-9-3-2-7(5-13)4-8(9)12/h2-4,6,16H,14H2,1H3. The highest BCUT2D eigenvalue weighted by atomic mass is 32.2. The molecular formula is C11H10FN5O2S. The van der Waals surface area contributed by atoms with Crippen molar-refractivity contribution in [1.29, 1.82) is 5.26 Å². The van der Waals surface area contributed by atoms with Crippen LogP contribution in [0.3, 0.4) is 0 Å². The van der Waals surface area contributed by atoms with Crippen LogP contribution in [-0.4, -0.2) is 18.0 Å². The first kappa shape index (κ1) is 13.8. The van der Waals surface area contributed by atoms with Crippen molar-refractivity contribution in [1.82, 2.24) is 9.55 Å². The summed E-state index contributed by atoms with van der Waals surface area (Å²) in [6.45, 7) is 0. The molecule has 0 aliphatic rings. The van der Waals surface area contributed by atoms with Crippen molar-refractivity contribution in [2.45, 2.75) is 5.03 Å². The Morgan fingerprint density at radius 2 is 2.20 bits per heavy atom. The molecule has 0 saturated carbocycles. The lowest BCUT2D eigenvalue weighted by Crippen LogP contribution is -2.18. The molecule has 0 bridgehead atoms. The number of halogens is 1. The van der Waals surface area contributed by atoms with E-state index in [1.54, 1.807) is 6.07 Å². The molecule has 0 amide bonds. The van der Waals surface area contributed by atoms with E-state index in [1.807, 2.05) is 0 Å². The highest BCUT2D eigenvalue weighted by molar-refractivity contribution is 7.92. The molecule has 0 saturated heterocycles.